The molecule has 0 aliphatic carbocycles. The zero-order valence-electron chi connectivity index (χ0n) is 14.8. The lowest BCUT2D eigenvalue weighted by molar-refractivity contribution is -0.116. The summed E-state index contributed by atoms with van der Waals surface area (Å²) in [5.41, 5.74) is 1.52. The molecule has 0 bridgehead atoms. The number of aromatic amines is 1. The van der Waals surface area contributed by atoms with E-state index >= 15 is 0 Å². The standard InChI is InChI=1S/C18H20FN5O2/c1-18(2,3)13-10-14(23-22-13)20-15(25)8-9-16-21-17(24-26-16)11-4-6-12(19)7-5-11/h4-7,10H,8-9H2,1-3H3,(H2,20,22,23,25). The van der Waals surface area contributed by atoms with Gasteiger partial charge in [0.25, 0.3) is 0 Å². The van der Waals surface area contributed by atoms with Gasteiger partial charge in [0.1, 0.15) is 5.82 Å². The van der Waals surface area contributed by atoms with Crippen LogP contribution in [0, 0.1) is 5.82 Å². The molecule has 0 unspecified atom stereocenters. The minimum Gasteiger partial charge on any atom is -0.339 e. The van der Waals surface area contributed by atoms with Crippen LogP contribution in [0.5, 0.6) is 0 Å². The molecule has 3 aromatic rings. The molecule has 8 heteroatoms. The van der Waals surface area contributed by atoms with Crippen LogP contribution in [0.3, 0.4) is 0 Å². The lowest BCUT2D eigenvalue weighted by Gasteiger charge is -2.14. The second-order valence-corrected chi connectivity index (χ2v) is 6.98. The second-order valence-electron chi connectivity index (χ2n) is 6.98. The summed E-state index contributed by atoms with van der Waals surface area (Å²) in [6, 6.07) is 7.61. The number of aromatic nitrogens is 4. The van der Waals surface area contributed by atoms with Crippen LogP contribution in [0.2, 0.25) is 0 Å². The number of hydrogen-bond donors (Lipinski definition) is 2. The summed E-state index contributed by atoms with van der Waals surface area (Å²) in [5.74, 6) is 0.664. The fraction of sp³-hybridized carbons (Fsp3) is 0.333. The maximum Gasteiger partial charge on any atom is 0.227 e. The Kier molecular flexibility index (Phi) is 4.83. The van der Waals surface area contributed by atoms with Crippen LogP contribution in [0.15, 0.2) is 34.9 Å². The van der Waals surface area contributed by atoms with Crippen molar-refractivity contribution in [1.29, 1.82) is 0 Å². The normalized spacial score (nSPS) is 11.5. The van der Waals surface area contributed by atoms with Crippen molar-refractivity contribution in [2.24, 2.45) is 0 Å². The Bertz CT molecular complexity index is 893. The van der Waals surface area contributed by atoms with Crippen molar-refractivity contribution in [3.63, 3.8) is 0 Å². The number of anilines is 1. The lowest BCUT2D eigenvalue weighted by atomic mass is 9.92. The first-order valence-electron chi connectivity index (χ1n) is 8.25. The third-order valence-electron chi connectivity index (χ3n) is 3.79. The Hall–Kier alpha value is -3.03. The zero-order valence-corrected chi connectivity index (χ0v) is 14.8. The van der Waals surface area contributed by atoms with E-state index in [1.54, 1.807) is 12.1 Å². The fourth-order valence-electron chi connectivity index (χ4n) is 2.27. The molecule has 2 N–H and O–H groups in total. The minimum absolute atomic E-state index is 0.0729. The Morgan fingerprint density at radius 1 is 1.27 bits per heavy atom. The van der Waals surface area contributed by atoms with E-state index < -0.39 is 0 Å². The highest BCUT2D eigenvalue weighted by Gasteiger charge is 2.17. The number of nitrogens with zero attached hydrogens (tertiary/aromatic N) is 3. The van der Waals surface area contributed by atoms with E-state index in [1.807, 2.05) is 6.07 Å². The zero-order chi connectivity index (χ0) is 18.7. The summed E-state index contributed by atoms with van der Waals surface area (Å²) >= 11 is 0. The monoisotopic (exact) mass is 357 g/mol. The molecule has 0 saturated heterocycles. The summed E-state index contributed by atoms with van der Waals surface area (Å²) in [6.45, 7) is 6.17. The van der Waals surface area contributed by atoms with Crippen LogP contribution in [0.1, 0.15) is 38.8 Å². The highest BCUT2D eigenvalue weighted by molar-refractivity contribution is 5.89. The molecule has 0 atom stereocenters. The quantitative estimate of drug-likeness (QED) is 0.729. The number of halogens is 1. The molecule has 0 radical (unpaired) electrons. The van der Waals surface area contributed by atoms with Crippen LogP contribution < -0.4 is 5.32 Å². The number of rotatable bonds is 5. The summed E-state index contributed by atoms with van der Waals surface area (Å²) in [6.07, 6.45) is 0.485. The van der Waals surface area contributed by atoms with Crippen LogP contribution in [-0.2, 0) is 16.6 Å². The highest BCUT2D eigenvalue weighted by atomic mass is 19.1. The maximum absolute atomic E-state index is 12.9. The average Bonchev–Trinajstić information content (AvgIpc) is 3.22. The Morgan fingerprint density at radius 3 is 2.65 bits per heavy atom. The van der Waals surface area contributed by atoms with Gasteiger partial charge in [0.05, 0.1) is 0 Å². The van der Waals surface area contributed by atoms with Crippen LogP contribution in [-0.4, -0.2) is 26.2 Å². The van der Waals surface area contributed by atoms with Crippen molar-refractivity contribution >= 4 is 11.7 Å². The van der Waals surface area contributed by atoms with Gasteiger partial charge in [0.15, 0.2) is 5.82 Å². The average molecular weight is 357 g/mol. The number of carbonyl (C=O) groups excluding carboxylic acids is 1. The smallest absolute Gasteiger partial charge is 0.227 e. The third kappa shape index (κ3) is 4.33. The summed E-state index contributed by atoms with van der Waals surface area (Å²) in [7, 11) is 0. The lowest BCUT2D eigenvalue weighted by Crippen LogP contribution is -2.13. The molecule has 1 aromatic carbocycles. The fourth-order valence-corrected chi connectivity index (χ4v) is 2.27. The van der Waals surface area contributed by atoms with Crippen molar-refractivity contribution < 1.29 is 13.7 Å². The number of carbonyl (C=O) groups is 1. The Balaban J connectivity index is 1.55. The molecule has 1 amide bonds. The number of nitrogens with one attached hydrogen (secondary N) is 2. The topological polar surface area (TPSA) is 96.7 Å². The minimum atomic E-state index is -0.331. The van der Waals surface area contributed by atoms with Crippen molar-refractivity contribution in [3.05, 3.63) is 47.7 Å². The highest BCUT2D eigenvalue weighted by Crippen LogP contribution is 2.22. The van der Waals surface area contributed by atoms with Crippen molar-refractivity contribution in [2.45, 2.75) is 39.0 Å². The second kappa shape index (κ2) is 7.07. The molecule has 0 spiro atoms. The molecule has 0 fully saturated rings. The Morgan fingerprint density at radius 2 is 2.00 bits per heavy atom. The maximum atomic E-state index is 12.9. The number of aryl methyl sites for hydroxylation is 1. The molecule has 0 aliphatic heterocycles. The van der Waals surface area contributed by atoms with Crippen molar-refractivity contribution in [2.75, 3.05) is 5.32 Å². The van der Waals surface area contributed by atoms with E-state index in [0.29, 0.717) is 29.5 Å². The number of amides is 1. The van der Waals surface area contributed by atoms with Gasteiger partial charge in [-0.3, -0.25) is 9.89 Å². The molecular formula is C18H20FN5O2. The number of H-pyrrole nitrogens is 1. The molecule has 7 nitrogen and oxygen atoms in total. The SMILES string of the molecule is CC(C)(C)c1cc(NC(=O)CCc2nc(-c3ccc(F)cc3)no2)n[nH]1. The predicted molar refractivity (Wildman–Crippen MR) is 93.9 cm³/mol. The number of benzene rings is 1. The molecule has 2 heterocycles. The first-order chi connectivity index (χ1) is 12.3. The van der Waals surface area contributed by atoms with Gasteiger partial charge in [-0.2, -0.15) is 10.1 Å². The predicted octanol–water partition coefficient (Wildman–Crippen LogP) is 3.47. The van der Waals surface area contributed by atoms with Crippen LogP contribution >= 0.6 is 0 Å². The first kappa shape index (κ1) is 17.8. The van der Waals surface area contributed by atoms with E-state index in [2.05, 4.69) is 46.4 Å². The molecule has 0 saturated carbocycles. The molecule has 3 rings (SSSR count). The van der Waals surface area contributed by atoms with E-state index in [-0.39, 0.29) is 23.6 Å². The van der Waals surface area contributed by atoms with E-state index in [0.717, 1.165) is 5.69 Å². The van der Waals surface area contributed by atoms with E-state index in [1.165, 1.54) is 12.1 Å². The molecule has 136 valence electrons. The van der Waals surface area contributed by atoms with Gasteiger partial charge in [-0.05, 0) is 24.3 Å². The first-order valence-corrected chi connectivity index (χ1v) is 8.25. The molecule has 0 aliphatic rings. The molecule has 26 heavy (non-hydrogen) atoms. The largest absolute Gasteiger partial charge is 0.339 e. The van der Waals surface area contributed by atoms with Gasteiger partial charge in [-0.15, -0.1) is 0 Å². The van der Waals surface area contributed by atoms with Gasteiger partial charge in [0.2, 0.25) is 17.6 Å². The van der Waals surface area contributed by atoms with Gasteiger partial charge in [-0.25, -0.2) is 4.39 Å². The van der Waals surface area contributed by atoms with Gasteiger partial charge in [-0.1, -0.05) is 25.9 Å². The van der Waals surface area contributed by atoms with E-state index in [4.69, 9.17) is 4.52 Å². The third-order valence-corrected chi connectivity index (χ3v) is 3.79. The van der Waals surface area contributed by atoms with E-state index in [9.17, 15) is 9.18 Å². The van der Waals surface area contributed by atoms with Gasteiger partial charge < -0.3 is 9.84 Å². The molecule has 2 aromatic heterocycles. The van der Waals surface area contributed by atoms with Crippen molar-refractivity contribution in [1.82, 2.24) is 20.3 Å². The summed E-state index contributed by atoms with van der Waals surface area (Å²) < 4.78 is 18.1. The Labute approximate surface area is 150 Å². The van der Waals surface area contributed by atoms with Gasteiger partial charge >= 0.3 is 0 Å². The van der Waals surface area contributed by atoms with Gasteiger partial charge in [0, 0.05) is 35.6 Å². The molecular weight excluding hydrogens is 337 g/mol. The summed E-state index contributed by atoms with van der Waals surface area (Å²) in [5, 5.41) is 13.6. The van der Waals surface area contributed by atoms with Crippen LogP contribution in [0.4, 0.5) is 10.2 Å². The van der Waals surface area contributed by atoms with Crippen LogP contribution in [0.25, 0.3) is 11.4 Å². The van der Waals surface area contributed by atoms with Crippen molar-refractivity contribution in [3.8, 4) is 11.4 Å². The number of hydrogen-bond acceptors (Lipinski definition) is 5. The summed E-state index contributed by atoms with van der Waals surface area (Å²) in [4.78, 5) is 16.3.